The zero-order chi connectivity index (χ0) is 21.0. The molecule has 1 aromatic carbocycles. The lowest BCUT2D eigenvalue weighted by Crippen LogP contribution is -2.68. The SMILES string of the molecule is CCC(=O)N1[C@@H](CO)[C@H](c2ccc(-c3cccnc3)cc2)[C@@H]1CN(CC)C(C)=O. The number of likely N-dealkylation sites (tertiary alicyclic amines) is 1. The fourth-order valence-corrected chi connectivity index (χ4v) is 4.28. The lowest BCUT2D eigenvalue weighted by molar-refractivity contribution is -0.154. The lowest BCUT2D eigenvalue weighted by Gasteiger charge is -2.56. The van der Waals surface area contributed by atoms with Crippen molar-refractivity contribution in [1.29, 1.82) is 0 Å². The van der Waals surface area contributed by atoms with Gasteiger partial charge in [-0.25, -0.2) is 0 Å². The largest absolute Gasteiger partial charge is 0.394 e. The molecule has 1 N–H and O–H groups in total. The number of carbonyl (C=O) groups excluding carboxylic acids is 2. The number of nitrogens with zero attached hydrogens (tertiary/aromatic N) is 3. The number of aromatic nitrogens is 1. The highest BCUT2D eigenvalue weighted by Gasteiger charge is 2.51. The van der Waals surface area contributed by atoms with E-state index >= 15 is 0 Å². The van der Waals surface area contributed by atoms with Crippen LogP contribution in [0.25, 0.3) is 11.1 Å². The summed E-state index contributed by atoms with van der Waals surface area (Å²) in [5.74, 6) is -0.00162. The van der Waals surface area contributed by atoms with Gasteiger partial charge in [0.1, 0.15) is 0 Å². The number of aliphatic hydroxyl groups excluding tert-OH is 1. The molecular weight excluding hydrogens is 366 g/mol. The van der Waals surface area contributed by atoms with Crippen molar-refractivity contribution >= 4 is 11.8 Å². The molecule has 154 valence electrons. The number of pyridine rings is 1. The van der Waals surface area contributed by atoms with E-state index in [1.807, 2.05) is 44.3 Å². The Balaban J connectivity index is 1.89. The molecule has 0 unspecified atom stereocenters. The summed E-state index contributed by atoms with van der Waals surface area (Å²) >= 11 is 0. The molecular formula is C23H29N3O3. The Morgan fingerprint density at radius 3 is 2.34 bits per heavy atom. The highest BCUT2D eigenvalue weighted by molar-refractivity contribution is 5.79. The monoisotopic (exact) mass is 395 g/mol. The van der Waals surface area contributed by atoms with Gasteiger partial charge in [-0.05, 0) is 29.7 Å². The summed E-state index contributed by atoms with van der Waals surface area (Å²) in [5, 5.41) is 10.0. The Hall–Kier alpha value is -2.73. The molecule has 1 saturated heterocycles. The van der Waals surface area contributed by atoms with Gasteiger partial charge >= 0.3 is 0 Å². The van der Waals surface area contributed by atoms with Crippen LogP contribution in [0.5, 0.6) is 0 Å². The molecule has 0 radical (unpaired) electrons. The molecule has 3 rings (SSSR count). The molecule has 0 aliphatic carbocycles. The van der Waals surface area contributed by atoms with Crippen LogP contribution in [-0.2, 0) is 9.59 Å². The number of likely N-dealkylation sites (N-methyl/N-ethyl adjacent to an activating group) is 1. The van der Waals surface area contributed by atoms with Gasteiger partial charge < -0.3 is 14.9 Å². The van der Waals surface area contributed by atoms with Gasteiger partial charge in [0.25, 0.3) is 0 Å². The van der Waals surface area contributed by atoms with E-state index in [4.69, 9.17) is 0 Å². The summed E-state index contributed by atoms with van der Waals surface area (Å²) in [6.45, 7) is 6.29. The fourth-order valence-electron chi connectivity index (χ4n) is 4.28. The molecule has 1 fully saturated rings. The second-order valence-electron chi connectivity index (χ2n) is 7.42. The van der Waals surface area contributed by atoms with Gasteiger partial charge in [-0.2, -0.15) is 0 Å². The van der Waals surface area contributed by atoms with Crippen LogP contribution >= 0.6 is 0 Å². The molecule has 2 heterocycles. The number of amides is 2. The first-order valence-corrected chi connectivity index (χ1v) is 10.2. The second kappa shape index (κ2) is 9.18. The van der Waals surface area contributed by atoms with Gasteiger partial charge in [-0.1, -0.05) is 37.3 Å². The van der Waals surface area contributed by atoms with Crippen LogP contribution in [0.1, 0.15) is 38.7 Å². The van der Waals surface area contributed by atoms with Crippen LogP contribution in [0.3, 0.4) is 0 Å². The molecule has 1 aliphatic rings. The number of hydrogen-bond acceptors (Lipinski definition) is 4. The van der Waals surface area contributed by atoms with Crippen molar-refractivity contribution in [2.24, 2.45) is 0 Å². The van der Waals surface area contributed by atoms with E-state index in [2.05, 4.69) is 17.1 Å². The molecule has 1 aliphatic heterocycles. The molecule has 6 nitrogen and oxygen atoms in total. The minimum atomic E-state index is -0.262. The van der Waals surface area contributed by atoms with E-state index in [1.54, 1.807) is 22.9 Å². The lowest BCUT2D eigenvalue weighted by atomic mass is 9.74. The molecule has 0 saturated carbocycles. The van der Waals surface area contributed by atoms with Gasteiger partial charge in [0.15, 0.2) is 0 Å². The summed E-state index contributed by atoms with van der Waals surface area (Å²) in [4.78, 5) is 32.2. The average molecular weight is 396 g/mol. The summed E-state index contributed by atoms with van der Waals surface area (Å²) < 4.78 is 0. The highest BCUT2D eigenvalue weighted by Crippen LogP contribution is 2.42. The minimum absolute atomic E-state index is 0.00507. The normalized spacial score (nSPS) is 20.8. The third-order valence-corrected chi connectivity index (χ3v) is 5.85. The van der Waals surface area contributed by atoms with Crippen LogP contribution in [-0.4, -0.2) is 63.5 Å². The predicted octanol–water partition coefficient (Wildman–Crippen LogP) is 2.68. The van der Waals surface area contributed by atoms with Crippen LogP contribution < -0.4 is 0 Å². The molecule has 29 heavy (non-hydrogen) atoms. The van der Waals surface area contributed by atoms with Gasteiger partial charge in [0.05, 0.1) is 18.7 Å². The highest BCUT2D eigenvalue weighted by atomic mass is 16.3. The Kier molecular flexibility index (Phi) is 6.64. The van der Waals surface area contributed by atoms with Crippen molar-refractivity contribution in [3.63, 3.8) is 0 Å². The maximum atomic E-state index is 12.5. The zero-order valence-electron chi connectivity index (χ0n) is 17.3. The van der Waals surface area contributed by atoms with Crippen LogP contribution in [0.2, 0.25) is 0 Å². The maximum absolute atomic E-state index is 12.5. The quantitative estimate of drug-likeness (QED) is 0.782. The first-order valence-electron chi connectivity index (χ1n) is 10.2. The van der Waals surface area contributed by atoms with Crippen LogP contribution in [0.15, 0.2) is 48.8 Å². The van der Waals surface area contributed by atoms with E-state index in [-0.39, 0.29) is 36.4 Å². The summed E-state index contributed by atoms with van der Waals surface area (Å²) in [7, 11) is 0. The molecule has 3 atom stereocenters. The third-order valence-electron chi connectivity index (χ3n) is 5.85. The summed E-state index contributed by atoms with van der Waals surface area (Å²) in [6, 6.07) is 11.7. The van der Waals surface area contributed by atoms with Gasteiger partial charge in [-0.3, -0.25) is 14.6 Å². The predicted molar refractivity (Wildman–Crippen MR) is 112 cm³/mol. The minimum Gasteiger partial charge on any atom is -0.394 e. The molecule has 2 aromatic rings. The van der Waals surface area contributed by atoms with Crippen LogP contribution in [0.4, 0.5) is 0 Å². The smallest absolute Gasteiger partial charge is 0.222 e. The number of hydrogen-bond donors (Lipinski definition) is 1. The van der Waals surface area contributed by atoms with E-state index < -0.39 is 0 Å². The molecule has 2 amide bonds. The number of carbonyl (C=O) groups is 2. The number of rotatable bonds is 7. The van der Waals surface area contributed by atoms with Crippen molar-refractivity contribution in [3.05, 3.63) is 54.4 Å². The standard InChI is InChI=1S/C23H29N3O3/c1-4-22(29)26-20(14-25(5-2)16(3)28)23(21(26)15-27)18-10-8-17(9-11-18)19-7-6-12-24-13-19/h6-13,20-21,23,27H,4-5,14-15H2,1-3H3/t20-,21-,23+/m0/s1. The van der Waals surface area contributed by atoms with Gasteiger partial charge in [0.2, 0.25) is 11.8 Å². The molecule has 6 heteroatoms. The maximum Gasteiger partial charge on any atom is 0.222 e. The number of aliphatic hydroxyl groups is 1. The average Bonchev–Trinajstić information content (AvgIpc) is 2.74. The molecule has 0 bridgehead atoms. The summed E-state index contributed by atoms with van der Waals surface area (Å²) in [6.07, 6.45) is 3.95. The topological polar surface area (TPSA) is 73.7 Å². The molecule has 1 aromatic heterocycles. The Morgan fingerprint density at radius 1 is 1.10 bits per heavy atom. The number of benzene rings is 1. The summed E-state index contributed by atoms with van der Waals surface area (Å²) in [5.41, 5.74) is 3.18. The van der Waals surface area contributed by atoms with Gasteiger partial charge in [0, 0.05) is 44.7 Å². The van der Waals surface area contributed by atoms with E-state index in [0.29, 0.717) is 19.5 Å². The van der Waals surface area contributed by atoms with Crippen molar-refractivity contribution in [2.45, 2.75) is 45.2 Å². The second-order valence-corrected chi connectivity index (χ2v) is 7.42. The van der Waals surface area contributed by atoms with Crippen molar-refractivity contribution in [2.75, 3.05) is 19.7 Å². The Morgan fingerprint density at radius 2 is 1.83 bits per heavy atom. The van der Waals surface area contributed by atoms with E-state index in [0.717, 1.165) is 16.7 Å². The van der Waals surface area contributed by atoms with E-state index in [1.165, 1.54) is 0 Å². The third kappa shape index (κ3) is 4.17. The zero-order valence-corrected chi connectivity index (χ0v) is 17.3. The first kappa shape index (κ1) is 21.0. The van der Waals surface area contributed by atoms with Crippen molar-refractivity contribution in [3.8, 4) is 11.1 Å². The Labute approximate surface area is 172 Å². The van der Waals surface area contributed by atoms with Gasteiger partial charge in [-0.15, -0.1) is 0 Å². The van der Waals surface area contributed by atoms with Crippen molar-refractivity contribution in [1.82, 2.24) is 14.8 Å². The van der Waals surface area contributed by atoms with Crippen molar-refractivity contribution < 1.29 is 14.7 Å². The molecule has 0 spiro atoms. The van der Waals surface area contributed by atoms with Crippen LogP contribution in [0, 0.1) is 0 Å². The van der Waals surface area contributed by atoms with E-state index in [9.17, 15) is 14.7 Å². The first-order chi connectivity index (χ1) is 14.0. The fraction of sp³-hybridized carbons (Fsp3) is 0.435. The Bertz CT molecular complexity index is 838.